The minimum Gasteiger partial charge on any atom is -0.493 e. The minimum absolute atomic E-state index is 0.0284. The van der Waals surface area contributed by atoms with Gasteiger partial charge in [-0.25, -0.2) is 0 Å². The molecule has 2 aromatic rings. The van der Waals surface area contributed by atoms with Crippen LogP contribution in [0.3, 0.4) is 0 Å². The Bertz CT molecular complexity index is 891. The molecule has 1 saturated heterocycles. The third-order valence-electron chi connectivity index (χ3n) is 4.84. The summed E-state index contributed by atoms with van der Waals surface area (Å²) in [5.74, 6) is -0.671. The van der Waals surface area contributed by atoms with Crippen molar-refractivity contribution in [1.82, 2.24) is 0 Å². The molecule has 0 atom stereocenters. The third kappa shape index (κ3) is 5.77. The van der Waals surface area contributed by atoms with Crippen molar-refractivity contribution in [2.24, 2.45) is 11.3 Å². The average molecular weight is 437 g/mol. The normalized spacial score (nSPS) is 21.7. The Balaban J connectivity index is 1.69. The second-order valence-corrected chi connectivity index (χ2v) is 8.29. The monoisotopic (exact) mass is 437 g/mol. The van der Waals surface area contributed by atoms with Crippen LogP contribution in [0, 0.1) is 11.3 Å². The summed E-state index contributed by atoms with van der Waals surface area (Å²) in [6, 6.07) is 12.8. The van der Waals surface area contributed by atoms with E-state index in [-0.39, 0.29) is 37.2 Å². The Hall–Kier alpha value is -2.58. The van der Waals surface area contributed by atoms with E-state index in [1.54, 1.807) is 6.92 Å². The van der Waals surface area contributed by atoms with Crippen LogP contribution in [0.15, 0.2) is 48.5 Å². The van der Waals surface area contributed by atoms with Crippen molar-refractivity contribution in [1.29, 1.82) is 0 Å². The molecule has 0 radical (unpaired) electrons. The van der Waals surface area contributed by atoms with Crippen molar-refractivity contribution < 1.29 is 32.2 Å². The molecule has 168 valence electrons. The Morgan fingerprint density at radius 2 is 1.81 bits per heavy atom. The Kier molecular flexibility index (Phi) is 6.91. The van der Waals surface area contributed by atoms with Gasteiger partial charge in [-0.3, -0.25) is 4.79 Å². The standard InChI is InChI=1S/C23H26F3NO4/c1-15(2)12-29-19-10-9-17(11-18(19)23(24,25)26)27-21(28)22(3)13-30-20(31-14-22)16-7-5-4-6-8-16/h4-11,15,20H,12-14H2,1-3H3,(H,27,28). The lowest BCUT2D eigenvalue weighted by atomic mass is 9.90. The second-order valence-electron chi connectivity index (χ2n) is 8.29. The van der Waals surface area contributed by atoms with Crippen molar-refractivity contribution in [2.75, 3.05) is 25.1 Å². The van der Waals surface area contributed by atoms with Gasteiger partial charge in [0.25, 0.3) is 0 Å². The molecule has 0 aromatic heterocycles. The summed E-state index contributed by atoms with van der Waals surface area (Å²) in [7, 11) is 0. The molecule has 31 heavy (non-hydrogen) atoms. The number of carbonyl (C=O) groups excluding carboxylic acids is 1. The van der Waals surface area contributed by atoms with Crippen LogP contribution in [0.2, 0.25) is 0 Å². The molecule has 1 aliphatic heterocycles. The number of hydrogen-bond acceptors (Lipinski definition) is 4. The Morgan fingerprint density at radius 3 is 2.39 bits per heavy atom. The fourth-order valence-electron chi connectivity index (χ4n) is 3.04. The molecule has 0 bridgehead atoms. The van der Waals surface area contributed by atoms with Gasteiger partial charge in [0.2, 0.25) is 5.91 Å². The number of hydrogen-bond donors (Lipinski definition) is 1. The van der Waals surface area contributed by atoms with Gasteiger partial charge in [-0.05, 0) is 31.0 Å². The van der Waals surface area contributed by atoms with Crippen molar-refractivity contribution in [3.63, 3.8) is 0 Å². The van der Waals surface area contributed by atoms with Crippen LogP contribution in [0.1, 0.15) is 38.2 Å². The van der Waals surface area contributed by atoms with Crippen molar-refractivity contribution >= 4 is 11.6 Å². The van der Waals surface area contributed by atoms with E-state index < -0.39 is 29.4 Å². The number of halogens is 3. The summed E-state index contributed by atoms with van der Waals surface area (Å²) in [5, 5.41) is 2.56. The second kappa shape index (κ2) is 9.28. The minimum atomic E-state index is -4.61. The zero-order valence-corrected chi connectivity index (χ0v) is 17.7. The molecule has 0 spiro atoms. The lowest BCUT2D eigenvalue weighted by Gasteiger charge is -2.36. The van der Waals surface area contributed by atoms with E-state index in [1.165, 1.54) is 12.1 Å². The first-order valence-electron chi connectivity index (χ1n) is 10.0. The van der Waals surface area contributed by atoms with Crippen molar-refractivity contribution in [2.45, 2.75) is 33.2 Å². The molecule has 1 amide bonds. The van der Waals surface area contributed by atoms with Gasteiger partial charge in [0.1, 0.15) is 5.75 Å². The van der Waals surface area contributed by atoms with Gasteiger partial charge in [-0.15, -0.1) is 0 Å². The van der Waals surface area contributed by atoms with Crippen molar-refractivity contribution in [3.8, 4) is 5.75 Å². The fraction of sp³-hybridized carbons (Fsp3) is 0.435. The predicted octanol–water partition coefficient (Wildman–Crippen LogP) is 5.43. The Morgan fingerprint density at radius 1 is 1.16 bits per heavy atom. The van der Waals surface area contributed by atoms with Gasteiger partial charge in [0.15, 0.2) is 6.29 Å². The first-order valence-corrected chi connectivity index (χ1v) is 10.0. The van der Waals surface area contributed by atoms with Gasteiger partial charge >= 0.3 is 6.18 Å². The zero-order valence-electron chi connectivity index (χ0n) is 17.7. The highest BCUT2D eigenvalue weighted by Gasteiger charge is 2.40. The summed E-state index contributed by atoms with van der Waals surface area (Å²) >= 11 is 0. The summed E-state index contributed by atoms with van der Waals surface area (Å²) < 4.78 is 57.2. The largest absolute Gasteiger partial charge is 0.493 e. The first-order chi connectivity index (χ1) is 14.6. The van der Waals surface area contributed by atoms with E-state index in [2.05, 4.69) is 5.32 Å². The SMILES string of the molecule is CC(C)COc1ccc(NC(=O)C2(C)COC(c3ccccc3)OC2)cc1C(F)(F)F. The topological polar surface area (TPSA) is 56.8 Å². The van der Waals surface area contributed by atoms with E-state index in [0.717, 1.165) is 11.6 Å². The molecular weight excluding hydrogens is 411 g/mol. The number of rotatable bonds is 6. The lowest BCUT2D eigenvalue weighted by Crippen LogP contribution is -2.45. The van der Waals surface area contributed by atoms with Gasteiger partial charge in [-0.1, -0.05) is 44.2 Å². The molecule has 1 heterocycles. The maximum absolute atomic E-state index is 13.5. The first kappa shape index (κ1) is 23.1. The summed E-state index contributed by atoms with van der Waals surface area (Å²) in [4.78, 5) is 12.8. The zero-order chi connectivity index (χ0) is 22.6. The summed E-state index contributed by atoms with van der Waals surface area (Å²) in [6.07, 6.45) is -5.20. The molecule has 3 rings (SSSR count). The van der Waals surface area contributed by atoms with Crippen LogP contribution in [0.4, 0.5) is 18.9 Å². The van der Waals surface area contributed by atoms with E-state index >= 15 is 0 Å². The number of nitrogens with one attached hydrogen (secondary N) is 1. The average Bonchev–Trinajstić information content (AvgIpc) is 2.73. The molecule has 0 saturated carbocycles. The number of anilines is 1. The fourth-order valence-corrected chi connectivity index (χ4v) is 3.04. The van der Waals surface area contributed by atoms with Crippen LogP contribution in [0.25, 0.3) is 0 Å². The van der Waals surface area contributed by atoms with E-state index in [4.69, 9.17) is 14.2 Å². The van der Waals surface area contributed by atoms with E-state index in [1.807, 2.05) is 44.2 Å². The molecule has 8 heteroatoms. The van der Waals surface area contributed by atoms with Crippen LogP contribution in [-0.2, 0) is 20.4 Å². The molecule has 1 aliphatic rings. The van der Waals surface area contributed by atoms with Crippen LogP contribution in [-0.4, -0.2) is 25.7 Å². The van der Waals surface area contributed by atoms with Gasteiger partial charge in [0.05, 0.1) is 30.8 Å². The highest BCUT2D eigenvalue weighted by Crippen LogP contribution is 2.39. The van der Waals surface area contributed by atoms with Crippen LogP contribution >= 0.6 is 0 Å². The quantitative estimate of drug-likeness (QED) is 0.655. The smallest absolute Gasteiger partial charge is 0.420 e. The molecule has 1 N–H and O–H groups in total. The Labute approximate surface area is 179 Å². The maximum Gasteiger partial charge on any atom is 0.420 e. The molecular formula is C23H26F3NO4. The third-order valence-corrected chi connectivity index (χ3v) is 4.84. The van der Waals surface area contributed by atoms with Crippen LogP contribution in [0.5, 0.6) is 5.75 Å². The van der Waals surface area contributed by atoms with E-state index in [0.29, 0.717) is 0 Å². The number of ether oxygens (including phenoxy) is 3. The number of alkyl halides is 3. The molecule has 0 aliphatic carbocycles. The predicted molar refractivity (Wildman–Crippen MR) is 110 cm³/mol. The highest BCUT2D eigenvalue weighted by atomic mass is 19.4. The van der Waals surface area contributed by atoms with Gasteiger partial charge in [-0.2, -0.15) is 13.2 Å². The van der Waals surface area contributed by atoms with Crippen molar-refractivity contribution in [3.05, 3.63) is 59.7 Å². The number of benzene rings is 2. The molecule has 5 nitrogen and oxygen atoms in total. The number of amides is 1. The molecule has 1 fully saturated rings. The van der Waals surface area contributed by atoms with Gasteiger partial charge in [0, 0.05) is 11.3 Å². The summed E-state index contributed by atoms with van der Waals surface area (Å²) in [5.41, 5.74) is -1.12. The number of carbonyl (C=O) groups is 1. The highest BCUT2D eigenvalue weighted by molar-refractivity contribution is 5.95. The van der Waals surface area contributed by atoms with Gasteiger partial charge < -0.3 is 19.5 Å². The lowest BCUT2D eigenvalue weighted by molar-refractivity contribution is -0.226. The summed E-state index contributed by atoms with van der Waals surface area (Å²) in [6.45, 7) is 5.64. The molecule has 2 aromatic carbocycles. The van der Waals surface area contributed by atoms with E-state index in [9.17, 15) is 18.0 Å². The maximum atomic E-state index is 13.5. The molecule has 0 unspecified atom stereocenters. The van der Waals surface area contributed by atoms with Crippen LogP contribution < -0.4 is 10.1 Å².